The molecule has 6 nitrogen and oxygen atoms in total. The van der Waals surface area contributed by atoms with Crippen LogP contribution in [0, 0.1) is 0 Å². The molecule has 0 saturated carbocycles. The smallest absolute Gasteiger partial charge is 0.243 e. The van der Waals surface area contributed by atoms with E-state index in [2.05, 4.69) is 4.90 Å². The molecule has 0 N–H and O–H groups in total. The maximum absolute atomic E-state index is 13.0. The lowest BCUT2D eigenvalue weighted by Crippen LogP contribution is -2.48. The first kappa shape index (κ1) is 20.3. The van der Waals surface area contributed by atoms with Crippen molar-refractivity contribution in [1.29, 1.82) is 0 Å². The number of piperazine rings is 1. The molecule has 1 aliphatic rings. The van der Waals surface area contributed by atoms with Crippen LogP contribution in [-0.2, 0) is 10.0 Å². The molecule has 1 saturated heterocycles. The van der Waals surface area contributed by atoms with E-state index in [0.717, 1.165) is 5.69 Å². The summed E-state index contributed by atoms with van der Waals surface area (Å²) < 4.78 is 38.8. The zero-order valence-electron chi connectivity index (χ0n) is 16.8. The number of hydrogen-bond donors (Lipinski definition) is 0. The van der Waals surface area contributed by atoms with Gasteiger partial charge in [-0.25, -0.2) is 8.42 Å². The Hall–Kier alpha value is -3.03. The van der Waals surface area contributed by atoms with E-state index in [-0.39, 0.29) is 4.90 Å². The van der Waals surface area contributed by atoms with Crippen LogP contribution in [0.25, 0.3) is 0 Å². The Kier molecular flexibility index (Phi) is 5.92. The van der Waals surface area contributed by atoms with Crippen molar-refractivity contribution in [3.8, 4) is 17.2 Å². The van der Waals surface area contributed by atoms with Crippen LogP contribution in [-0.4, -0.2) is 46.0 Å². The second-order valence-corrected chi connectivity index (χ2v) is 8.89. The van der Waals surface area contributed by atoms with Gasteiger partial charge in [-0.2, -0.15) is 4.31 Å². The van der Waals surface area contributed by atoms with E-state index in [0.29, 0.717) is 43.4 Å². The van der Waals surface area contributed by atoms with Gasteiger partial charge < -0.3 is 14.4 Å². The predicted molar refractivity (Wildman–Crippen MR) is 117 cm³/mol. The van der Waals surface area contributed by atoms with Crippen molar-refractivity contribution in [3.63, 3.8) is 0 Å². The van der Waals surface area contributed by atoms with Crippen LogP contribution in [0.2, 0.25) is 0 Å². The molecule has 30 heavy (non-hydrogen) atoms. The van der Waals surface area contributed by atoms with Gasteiger partial charge in [0.15, 0.2) is 11.5 Å². The minimum Gasteiger partial charge on any atom is -0.493 e. The summed E-state index contributed by atoms with van der Waals surface area (Å²) in [6, 6.07) is 23.9. The highest BCUT2D eigenvalue weighted by molar-refractivity contribution is 7.89. The summed E-state index contributed by atoms with van der Waals surface area (Å²) in [6.45, 7) is 2.24. The molecule has 1 aliphatic heterocycles. The van der Waals surface area contributed by atoms with E-state index in [1.165, 1.54) is 0 Å². The molecule has 0 aliphatic carbocycles. The fourth-order valence-corrected chi connectivity index (χ4v) is 4.91. The minimum absolute atomic E-state index is 0.267. The van der Waals surface area contributed by atoms with Gasteiger partial charge in [-0.05, 0) is 48.5 Å². The molecule has 0 atom stereocenters. The standard InChI is InChI=1S/C23H24N2O4S/c1-28-22-9-5-6-10-23(22)29-20-11-13-21(14-12-20)30(26,27)25-17-15-24(16-18-25)19-7-3-2-4-8-19/h2-14H,15-18H2,1H3. The molecule has 3 aromatic rings. The number of rotatable bonds is 6. The van der Waals surface area contributed by atoms with Crippen molar-refractivity contribution in [2.45, 2.75) is 4.90 Å². The Morgan fingerprint density at radius 2 is 1.33 bits per heavy atom. The quantitative estimate of drug-likeness (QED) is 0.599. The Labute approximate surface area is 177 Å². The molecule has 0 bridgehead atoms. The Morgan fingerprint density at radius 3 is 1.97 bits per heavy atom. The highest BCUT2D eigenvalue weighted by atomic mass is 32.2. The summed E-state index contributed by atoms with van der Waals surface area (Å²) in [5.74, 6) is 1.74. The second kappa shape index (κ2) is 8.77. The molecule has 0 unspecified atom stereocenters. The molecule has 0 amide bonds. The number of sulfonamides is 1. The van der Waals surface area contributed by atoms with Crippen LogP contribution in [0.4, 0.5) is 5.69 Å². The molecule has 4 rings (SSSR count). The highest BCUT2D eigenvalue weighted by Gasteiger charge is 2.28. The number of nitrogens with zero attached hydrogens (tertiary/aromatic N) is 2. The lowest BCUT2D eigenvalue weighted by molar-refractivity contribution is 0.378. The van der Waals surface area contributed by atoms with E-state index in [1.54, 1.807) is 41.7 Å². The second-order valence-electron chi connectivity index (χ2n) is 6.95. The van der Waals surface area contributed by atoms with Crippen molar-refractivity contribution >= 4 is 15.7 Å². The van der Waals surface area contributed by atoms with Crippen LogP contribution in [0.3, 0.4) is 0 Å². The normalized spacial score (nSPS) is 15.0. The monoisotopic (exact) mass is 424 g/mol. The molecule has 156 valence electrons. The van der Waals surface area contributed by atoms with Gasteiger partial charge in [0.1, 0.15) is 5.75 Å². The molecule has 1 heterocycles. The van der Waals surface area contributed by atoms with Gasteiger partial charge in [0.25, 0.3) is 0 Å². The van der Waals surface area contributed by atoms with E-state index < -0.39 is 10.0 Å². The molecule has 0 radical (unpaired) electrons. The highest BCUT2D eigenvalue weighted by Crippen LogP contribution is 2.31. The number of ether oxygens (including phenoxy) is 2. The number of methoxy groups -OCH3 is 1. The maximum Gasteiger partial charge on any atom is 0.243 e. The van der Waals surface area contributed by atoms with E-state index in [4.69, 9.17) is 9.47 Å². The van der Waals surface area contributed by atoms with E-state index >= 15 is 0 Å². The zero-order chi connectivity index (χ0) is 21.0. The first-order chi connectivity index (χ1) is 14.6. The molecular formula is C23H24N2O4S. The summed E-state index contributed by atoms with van der Waals surface area (Å²) in [6.07, 6.45) is 0. The van der Waals surface area contributed by atoms with Crippen molar-refractivity contribution in [3.05, 3.63) is 78.9 Å². The van der Waals surface area contributed by atoms with E-state index in [1.807, 2.05) is 48.5 Å². The van der Waals surface area contributed by atoms with Gasteiger partial charge >= 0.3 is 0 Å². The Bertz CT molecular complexity index is 1080. The zero-order valence-corrected chi connectivity index (χ0v) is 17.6. The summed E-state index contributed by atoms with van der Waals surface area (Å²) in [4.78, 5) is 2.47. The molecule has 1 fully saturated rings. The van der Waals surface area contributed by atoms with E-state index in [9.17, 15) is 8.42 Å². The number of benzene rings is 3. The SMILES string of the molecule is COc1ccccc1Oc1ccc(S(=O)(=O)N2CCN(c3ccccc3)CC2)cc1. The van der Waals surface area contributed by atoms with Crippen LogP contribution in [0.15, 0.2) is 83.8 Å². The molecule has 0 aromatic heterocycles. The molecule has 7 heteroatoms. The number of anilines is 1. The van der Waals surface area contributed by atoms with Crippen LogP contribution in [0.5, 0.6) is 17.2 Å². The third kappa shape index (κ3) is 4.27. The van der Waals surface area contributed by atoms with Crippen molar-refractivity contribution in [2.24, 2.45) is 0 Å². The lowest BCUT2D eigenvalue weighted by atomic mass is 10.2. The Balaban J connectivity index is 1.43. The largest absolute Gasteiger partial charge is 0.493 e. The molecule has 3 aromatic carbocycles. The van der Waals surface area contributed by atoms with Crippen LogP contribution < -0.4 is 14.4 Å². The summed E-state index contributed by atoms with van der Waals surface area (Å²) in [7, 11) is -1.96. The van der Waals surface area contributed by atoms with Crippen LogP contribution >= 0.6 is 0 Å². The molecule has 0 spiro atoms. The van der Waals surface area contributed by atoms with Gasteiger partial charge in [0, 0.05) is 31.9 Å². The fraction of sp³-hybridized carbons (Fsp3) is 0.217. The minimum atomic E-state index is -3.54. The van der Waals surface area contributed by atoms with Crippen molar-refractivity contribution in [2.75, 3.05) is 38.2 Å². The van der Waals surface area contributed by atoms with Gasteiger partial charge in [0.2, 0.25) is 10.0 Å². The maximum atomic E-state index is 13.0. The van der Waals surface area contributed by atoms with Gasteiger partial charge in [0.05, 0.1) is 12.0 Å². The van der Waals surface area contributed by atoms with Gasteiger partial charge in [-0.15, -0.1) is 0 Å². The van der Waals surface area contributed by atoms with Crippen LogP contribution in [0.1, 0.15) is 0 Å². The average Bonchev–Trinajstić information content (AvgIpc) is 2.80. The average molecular weight is 425 g/mol. The fourth-order valence-electron chi connectivity index (χ4n) is 3.48. The first-order valence-corrected chi connectivity index (χ1v) is 11.2. The Morgan fingerprint density at radius 1 is 0.733 bits per heavy atom. The summed E-state index contributed by atoms with van der Waals surface area (Å²) in [5, 5.41) is 0. The molecular weight excluding hydrogens is 400 g/mol. The summed E-state index contributed by atoms with van der Waals surface area (Å²) in [5.41, 5.74) is 1.12. The summed E-state index contributed by atoms with van der Waals surface area (Å²) >= 11 is 0. The predicted octanol–water partition coefficient (Wildman–Crippen LogP) is 4.00. The van der Waals surface area contributed by atoms with Gasteiger partial charge in [-0.3, -0.25) is 0 Å². The van der Waals surface area contributed by atoms with Crippen molar-refractivity contribution < 1.29 is 17.9 Å². The number of para-hydroxylation sites is 3. The lowest BCUT2D eigenvalue weighted by Gasteiger charge is -2.35. The van der Waals surface area contributed by atoms with Crippen molar-refractivity contribution in [1.82, 2.24) is 4.31 Å². The first-order valence-electron chi connectivity index (χ1n) is 9.79. The topological polar surface area (TPSA) is 59.1 Å². The van der Waals surface area contributed by atoms with Gasteiger partial charge in [-0.1, -0.05) is 30.3 Å². The third-order valence-electron chi connectivity index (χ3n) is 5.12. The third-order valence-corrected chi connectivity index (χ3v) is 7.03. The number of hydrogen-bond acceptors (Lipinski definition) is 5.